The van der Waals surface area contributed by atoms with Crippen molar-refractivity contribution in [3.05, 3.63) is 36.1 Å². The van der Waals surface area contributed by atoms with Crippen LogP contribution >= 0.6 is 0 Å². The van der Waals surface area contributed by atoms with Gasteiger partial charge in [0.25, 0.3) is 0 Å². The van der Waals surface area contributed by atoms with Crippen LogP contribution in [0.1, 0.15) is 11.7 Å². The summed E-state index contributed by atoms with van der Waals surface area (Å²) >= 11 is 0. The molecule has 4 heteroatoms. The molecule has 0 unspecified atom stereocenters. The molecule has 0 spiro atoms. The van der Waals surface area contributed by atoms with Crippen molar-refractivity contribution >= 4 is 11.6 Å². The topological polar surface area (TPSA) is 40.0 Å². The zero-order valence-corrected chi connectivity index (χ0v) is 9.71. The van der Waals surface area contributed by atoms with Gasteiger partial charge in [-0.15, -0.1) is 0 Å². The summed E-state index contributed by atoms with van der Waals surface area (Å²) in [5, 5.41) is 0. The fourth-order valence-corrected chi connectivity index (χ4v) is 2.32. The lowest BCUT2D eigenvalue weighted by atomic mass is 9.92. The molecule has 4 nitrogen and oxygen atoms in total. The molecule has 0 N–H and O–H groups in total. The molecule has 3 rings (SSSR count). The summed E-state index contributed by atoms with van der Waals surface area (Å²) < 4.78 is 16.3. The fourth-order valence-electron chi connectivity index (χ4n) is 2.32. The Hall–Kier alpha value is -1.81. The van der Waals surface area contributed by atoms with Crippen LogP contribution in [0, 0.1) is 5.92 Å². The molecule has 2 aliphatic heterocycles. The van der Waals surface area contributed by atoms with Crippen LogP contribution in [-0.2, 0) is 9.47 Å². The highest BCUT2D eigenvalue weighted by molar-refractivity contribution is 5.90. The van der Waals surface area contributed by atoms with Crippen molar-refractivity contribution in [2.45, 2.75) is 6.10 Å². The van der Waals surface area contributed by atoms with Gasteiger partial charge in [0.15, 0.2) is 0 Å². The second-order valence-corrected chi connectivity index (χ2v) is 3.98. The van der Waals surface area contributed by atoms with E-state index in [1.54, 1.807) is 20.5 Å². The highest BCUT2D eigenvalue weighted by Crippen LogP contribution is 2.45. The lowest BCUT2D eigenvalue weighted by Gasteiger charge is -2.27. The molecule has 0 aromatic heterocycles. The van der Waals surface area contributed by atoms with Crippen LogP contribution in [0.5, 0.6) is 5.75 Å². The van der Waals surface area contributed by atoms with Crippen LogP contribution in [0.4, 0.5) is 5.69 Å². The smallest absolute Gasteiger partial charge is 0.204 e. The van der Waals surface area contributed by atoms with Crippen molar-refractivity contribution in [2.75, 3.05) is 14.2 Å². The average molecular weight is 231 g/mol. The van der Waals surface area contributed by atoms with E-state index in [0.29, 0.717) is 5.90 Å². The van der Waals surface area contributed by atoms with E-state index in [4.69, 9.17) is 14.2 Å². The number of para-hydroxylation sites is 1. The van der Waals surface area contributed by atoms with E-state index in [-0.39, 0.29) is 12.0 Å². The maximum Gasteiger partial charge on any atom is 0.204 e. The molecule has 1 aromatic rings. The molecule has 2 heterocycles. The lowest BCUT2D eigenvalue weighted by Crippen LogP contribution is -2.23. The van der Waals surface area contributed by atoms with Gasteiger partial charge in [-0.25, -0.2) is 4.99 Å². The second kappa shape index (κ2) is 3.89. The molecule has 88 valence electrons. The third-order valence-corrected chi connectivity index (χ3v) is 3.12. The van der Waals surface area contributed by atoms with Gasteiger partial charge in [-0.05, 0) is 12.1 Å². The monoisotopic (exact) mass is 231 g/mol. The van der Waals surface area contributed by atoms with Gasteiger partial charge in [-0.1, -0.05) is 12.1 Å². The number of benzene rings is 1. The molecule has 2 aliphatic rings. The zero-order chi connectivity index (χ0) is 11.8. The van der Waals surface area contributed by atoms with Gasteiger partial charge in [0.2, 0.25) is 5.90 Å². The second-order valence-electron chi connectivity index (χ2n) is 3.98. The molecule has 0 saturated carbocycles. The van der Waals surface area contributed by atoms with Crippen molar-refractivity contribution < 1.29 is 14.2 Å². The van der Waals surface area contributed by atoms with Crippen LogP contribution < -0.4 is 4.74 Å². The predicted molar refractivity (Wildman–Crippen MR) is 63.6 cm³/mol. The van der Waals surface area contributed by atoms with E-state index in [2.05, 4.69) is 4.99 Å². The van der Waals surface area contributed by atoms with Crippen molar-refractivity contribution in [3.8, 4) is 5.75 Å². The molecule has 0 radical (unpaired) electrons. The summed E-state index contributed by atoms with van der Waals surface area (Å²) in [4.78, 5) is 4.50. The van der Waals surface area contributed by atoms with E-state index < -0.39 is 0 Å². The molecule has 0 saturated heterocycles. The Bertz CT molecular complexity index is 507. The summed E-state index contributed by atoms with van der Waals surface area (Å²) in [6, 6.07) is 5.85. The lowest BCUT2D eigenvalue weighted by molar-refractivity contribution is 0.0846. The average Bonchev–Trinajstić information content (AvgIpc) is 2.82. The summed E-state index contributed by atoms with van der Waals surface area (Å²) in [6.45, 7) is 0. The maximum absolute atomic E-state index is 5.56. The Morgan fingerprint density at radius 1 is 1.29 bits per heavy atom. The van der Waals surface area contributed by atoms with E-state index in [9.17, 15) is 0 Å². The maximum atomic E-state index is 5.56. The van der Waals surface area contributed by atoms with Gasteiger partial charge in [0, 0.05) is 12.7 Å². The largest absolute Gasteiger partial charge is 0.494 e. The van der Waals surface area contributed by atoms with E-state index in [1.807, 2.05) is 24.3 Å². The first kappa shape index (κ1) is 10.4. The summed E-state index contributed by atoms with van der Waals surface area (Å²) in [5.74, 6) is 1.49. The van der Waals surface area contributed by atoms with Crippen LogP contribution in [0.25, 0.3) is 0 Å². The standard InChI is InChI=1S/C13H13NO3/c1-15-10-5-3-4-8-11(10)14-13-9(6-7-17-13)12(8)16-2/h3-7,9,12H,1-2H3/t9-,12-/m1/s1. The van der Waals surface area contributed by atoms with Gasteiger partial charge >= 0.3 is 0 Å². The van der Waals surface area contributed by atoms with E-state index >= 15 is 0 Å². The zero-order valence-electron chi connectivity index (χ0n) is 9.71. The quantitative estimate of drug-likeness (QED) is 0.785. The predicted octanol–water partition coefficient (Wildman–Crippen LogP) is 2.59. The minimum Gasteiger partial charge on any atom is -0.494 e. The number of ether oxygens (including phenoxy) is 3. The fraction of sp³-hybridized carbons (Fsp3) is 0.308. The first-order chi connectivity index (χ1) is 8.35. The third-order valence-electron chi connectivity index (χ3n) is 3.12. The number of fused-ring (bicyclic) bond motifs is 2. The normalized spacial score (nSPS) is 24.7. The Balaban J connectivity index is 2.18. The van der Waals surface area contributed by atoms with Crippen LogP contribution in [0.15, 0.2) is 35.5 Å². The van der Waals surface area contributed by atoms with Crippen LogP contribution in [-0.4, -0.2) is 20.1 Å². The molecule has 0 fully saturated rings. The molecule has 0 amide bonds. The van der Waals surface area contributed by atoms with Gasteiger partial charge in [0.05, 0.1) is 25.4 Å². The number of aliphatic imine (C=N–C) groups is 1. The van der Waals surface area contributed by atoms with Crippen LogP contribution in [0.2, 0.25) is 0 Å². The molecule has 17 heavy (non-hydrogen) atoms. The molecule has 2 atom stereocenters. The number of rotatable bonds is 2. The van der Waals surface area contributed by atoms with Gasteiger partial charge in [-0.3, -0.25) is 0 Å². The highest BCUT2D eigenvalue weighted by Gasteiger charge is 2.36. The van der Waals surface area contributed by atoms with Crippen molar-refractivity contribution in [1.82, 2.24) is 0 Å². The van der Waals surface area contributed by atoms with Crippen LogP contribution in [0.3, 0.4) is 0 Å². The molecular formula is C13H13NO3. The number of methoxy groups -OCH3 is 2. The van der Waals surface area contributed by atoms with Gasteiger partial charge < -0.3 is 14.2 Å². The highest BCUT2D eigenvalue weighted by atomic mass is 16.5. The van der Waals surface area contributed by atoms with Gasteiger partial charge in [-0.2, -0.15) is 0 Å². The van der Waals surface area contributed by atoms with Gasteiger partial charge in [0.1, 0.15) is 11.4 Å². The first-order valence-electron chi connectivity index (χ1n) is 5.46. The minimum absolute atomic E-state index is 0.0636. The molecule has 0 aliphatic carbocycles. The Labute approximate surface area is 99.5 Å². The summed E-state index contributed by atoms with van der Waals surface area (Å²) in [7, 11) is 3.33. The van der Waals surface area contributed by atoms with Crippen molar-refractivity contribution in [3.63, 3.8) is 0 Å². The van der Waals surface area contributed by atoms with E-state index in [1.165, 1.54) is 0 Å². The third kappa shape index (κ3) is 1.45. The Kier molecular flexibility index (Phi) is 2.37. The molecule has 1 aromatic carbocycles. The molecule has 0 bridgehead atoms. The first-order valence-corrected chi connectivity index (χ1v) is 5.46. The number of hydrogen-bond donors (Lipinski definition) is 0. The Morgan fingerprint density at radius 3 is 2.94 bits per heavy atom. The van der Waals surface area contributed by atoms with E-state index in [0.717, 1.165) is 17.0 Å². The summed E-state index contributed by atoms with van der Waals surface area (Å²) in [5.41, 5.74) is 1.84. The Morgan fingerprint density at radius 2 is 2.18 bits per heavy atom. The number of hydrogen-bond acceptors (Lipinski definition) is 4. The molecular weight excluding hydrogens is 218 g/mol. The minimum atomic E-state index is -0.0636. The SMILES string of the molecule is COc1cccc2c1N=C1OC=C[C@@H]1[C@@H]2OC. The van der Waals surface area contributed by atoms with Crippen molar-refractivity contribution in [2.24, 2.45) is 10.9 Å². The number of nitrogens with zero attached hydrogens (tertiary/aromatic N) is 1. The van der Waals surface area contributed by atoms with Crippen molar-refractivity contribution in [1.29, 1.82) is 0 Å². The summed E-state index contributed by atoms with van der Waals surface area (Å²) in [6.07, 6.45) is 3.56.